The van der Waals surface area contributed by atoms with Crippen LogP contribution in [0.15, 0.2) is 12.7 Å². The van der Waals surface area contributed by atoms with Gasteiger partial charge < -0.3 is 14.9 Å². The normalized spacial score (nSPS) is 16.2. The monoisotopic (exact) mass is 216 g/mol. The van der Waals surface area contributed by atoms with E-state index in [1.807, 2.05) is 0 Å². The highest BCUT2D eigenvalue weighted by molar-refractivity contribution is 5.85. The van der Waals surface area contributed by atoms with Gasteiger partial charge in [-0.3, -0.25) is 4.79 Å². The molecule has 0 aliphatic heterocycles. The lowest BCUT2D eigenvalue weighted by atomic mass is 9.81. The van der Waals surface area contributed by atoms with Crippen LogP contribution in [0.1, 0.15) is 20.3 Å². The van der Waals surface area contributed by atoms with Crippen LogP contribution in [0.25, 0.3) is 0 Å². The first kappa shape index (κ1) is 13.6. The Bertz CT molecular complexity index is 261. The number of carboxylic acid groups (broad SMARTS) is 1. The maximum atomic E-state index is 11.5. The molecule has 0 bridgehead atoms. The summed E-state index contributed by atoms with van der Waals surface area (Å²) in [5.41, 5.74) is -1.48. The number of hydrogen-bond donors (Lipinski definition) is 2. The maximum Gasteiger partial charge on any atom is 0.333 e. The van der Waals surface area contributed by atoms with Crippen LogP contribution >= 0.6 is 0 Å². The van der Waals surface area contributed by atoms with Crippen molar-refractivity contribution in [3.05, 3.63) is 12.7 Å². The molecule has 0 rings (SSSR count). The fourth-order valence-electron chi connectivity index (χ4n) is 1.17. The molecule has 0 aromatic heterocycles. The second kappa shape index (κ2) is 5.50. The minimum atomic E-state index is -1.80. The summed E-state index contributed by atoms with van der Waals surface area (Å²) in [6.45, 7) is 6.50. The molecule has 2 N–H and O–H groups in total. The van der Waals surface area contributed by atoms with E-state index in [0.717, 1.165) is 0 Å². The largest absolute Gasteiger partial charge is 0.479 e. The van der Waals surface area contributed by atoms with Gasteiger partial charge in [0, 0.05) is 0 Å². The minimum Gasteiger partial charge on any atom is -0.479 e. The number of aliphatic hydroxyl groups excluding tert-OH is 1. The average Bonchev–Trinajstić information content (AvgIpc) is 2.17. The zero-order chi connectivity index (χ0) is 12.1. The molecule has 86 valence electrons. The van der Waals surface area contributed by atoms with E-state index in [-0.39, 0.29) is 13.0 Å². The molecule has 0 aliphatic rings. The zero-order valence-electron chi connectivity index (χ0n) is 8.90. The molecule has 0 aromatic carbocycles. The van der Waals surface area contributed by atoms with Crippen molar-refractivity contribution in [3.63, 3.8) is 0 Å². The molecule has 0 heterocycles. The number of aliphatic carboxylic acids is 1. The Morgan fingerprint density at radius 1 is 1.60 bits per heavy atom. The zero-order valence-corrected chi connectivity index (χ0v) is 8.90. The first-order valence-corrected chi connectivity index (χ1v) is 4.59. The van der Waals surface area contributed by atoms with Gasteiger partial charge >= 0.3 is 11.9 Å². The highest BCUT2D eigenvalue weighted by Crippen LogP contribution is 2.28. The Balaban J connectivity index is 4.94. The topological polar surface area (TPSA) is 83.8 Å². The van der Waals surface area contributed by atoms with Crippen molar-refractivity contribution >= 4 is 11.9 Å². The molecule has 5 heteroatoms. The lowest BCUT2D eigenvalue weighted by Gasteiger charge is -2.28. The number of rotatable bonds is 6. The van der Waals surface area contributed by atoms with Crippen LogP contribution in [0.5, 0.6) is 0 Å². The van der Waals surface area contributed by atoms with Crippen LogP contribution in [-0.4, -0.2) is 34.9 Å². The van der Waals surface area contributed by atoms with Crippen molar-refractivity contribution in [3.8, 4) is 0 Å². The molecular weight excluding hydrogens is 200 g/mol. The summed E-state index contributed by atoms with van der Waals surface area (Å²) in [5.74, 6) is -2.19. The molecule has 0 fully saturated rings. The highest BCUT2D eigenvalue weighted by atomic mass is 16.5. The number of esters is 1. The van der Waals surface area contributed by atoms with Crippen LogP contribution in [0, 0.1) is 5.41 Å². The Morgan fingerprint density at radius 3 is 2.47 bits per heavy atom. The Morgan fingerprint density at radius 2 is 2.13 bits per heavy atom. The summed E-state index contributed by atoms with van der Waals surface area (Å²) in [6, 6.07) is 0. The first-order valence-electron chi connectivity index (χ1n) is 4.59. The van der Waals surface area contributed by atoms with Gasteiger partial charge in [0.15, 0.2) is 6.10 Å². The number of hydrogen-bond acceptors (Lipinski definition) is 4. The lowest BCUT2D eigenvalue weighted by Crippen LogP contribution is -2.45. The first-order chi connectivity index (χ1) is 6.90. The molecule has 0 aromatic rings. The van der Waals surface area contributed by atoms with E-state index in [4.69, 9.17) is 9.84 Å². The van der Waals surface area contributed by atoms with Crippen LogP contribution in [0.2, 0.25) is 0 Å². The molecule has 5 nitrogen and oxygen atoms in total. The SMILES string of the molecule is C=CC[C@](C)(C(=O)OCC)[C@H](O)C(=O)O. The molecule has 0 saturated heterocycles. The van der Waals surface area contributed by atoms with Gasteiger partial charge in [0.25, 0.3) is 0 Å². The smallest absolute Gasteiger partial charge is 0.333 e. The Hall–Kier alpha value is -1.36. The molecule has 0 amide bonds. The molecule has 0 spiro atoms. The van der Waals surface area contributed by atoms with Crippen LogP contribution in [0.4, 0.5) is 0 Å². The van der Waals surface area contributed by atoms with Crippen molar-refractivity contribution < 1.29 is 24.5 Å². The number of carboxylic acids is 1. The summed E-state index contributed by atoms with van der Waals surface area (Å²) < 4.78 is 4.72. The molecule has 0 unspecified atom stereocenters. The summed E-state index contributed by atoms with van der Waals surface area (Å²) >= 11 is 0. The van der Waals surface area contributed by atoms with Gasteiger partial charge in [-0.1, -0.05) is 6.08 Å². The van der Waals surface area contributed by atoms with Gasteiger partial charge in [-0.05, 0) is 20.3 Å². The van der Waals surface area contributed by atoms with Gasteiger partial charge in [0.1, 0.15) is 5.41 Å². The van der Waals surface area contributed by atoms with Gasteiger partial charge in [0.05, 0.1) is 6.61 Å². The van der Waals surface area contributed by atoms with Gasteiger partial charge in [-0.2, -0.15) is 0 Å². The van der Waals surface area contributed by atoms with Crippen molar-refractivity contribution in [1.82, 2.24) is 0 Å². The van der Waals surface area contributed by atoms with Gasteiger partial charge in [-0.15, -0.1) is 6.58 Å². The second-order valence-corrected chi connectivity index (χ2v) is 3.37. The van der Waals surface area contributed by atoms with Crippen LogP contribution in [-0.2, 0) is 14.3 Å². The van der Waals surface area contributed by atoms with Gasteiger partial charge in [0.2, 0.25) is 0 Å². The fourth-order valence-corrected chi connectivity index (χ4v) is 1.17. The third-order valence-electron chi connectivity index (χ3n) is 2.15. The van der Waals surface area contributed by atoms with E-state index < -0.39 is 23.5 Å². The van der Waals surface area contributed by atoms with Crippen molar-refractivity contribution in [2.75, 3.05) is 6.61 Å². The predicted octanol–water partition coefficient (Wildman–Crippen LogP) is 0.577. The quantitative estimate of drug-likeness (QED) is 0.501. The number of aliphatic hydroxyl groups is 1. The molecule has 0 saturated carbocycles. The summed E-state index contributed by atoms with van der Waals surface area (Å²) in [6.07, 6.45) is -0.378. The van der Waals surface area contributed by atoms with E-state index in [1.165, 1.54) is 13.0 Å². The van der Waals surface area contributed by atoms with Gasteiger partial charge in [-0.25, -0.2) is 4.79 Å². The average molecular weight is 216 g/mol. The Kier molecular flexibility index (Phi) is 5.00. The number of carbonyl (C=O) groups is 2. The van der Waals surface area contributed by atoms with E-state index in [0.29, 0.717) is 0 Å². The van der Waals surface area contributed by atoms with Crippen LogP contribution < -0.4 is 0 Å². The van der Waals surface area contributed by atoms with Crippen molar-refractivity contribution in [1.29, 1.82) is 0 Å². The third kappa shape index (κ3) is 3.06. The summed E-state index contributed by atoms with van der Waals surface area (Å²) in [4.78, 5) is 22.1. The third-order valence-corrected chi connectivity index (χ3v) is 2.15. The van der Waals surface area contributed by atoms with Crippen molar-refractivity contribution in [2.45, 2.75) is 26.4 Å². The molecule has 15 heavy (non-hydrogen) atoms. The highest BCUT2D eigenvalue weighted by Gasteiger charge is 2.44. The molecule has 0 aliphatic carbocycles. The molecule has 2 atom stereocenters. The van der Waals surface area contributed by atoms with E-state index in [1.54, 1.807) is 6.92 Å². The summed E-state index contributed by atoms with van der Waals surface area (Å²) in [5, 5.41) is 18.1. The number of ether oxygens (including phenoxy) is 1. The minimum absolute atomic E-state index is 0.0410. The van der Waals surface area contributed by atoms with E-state index >= 15 is 0 Å². The molecular formula is C10H16O5. The fraction of sp³-hybridized carbons (Fsp3) is 0.600. The lowest BCUT2D eigenvalue weighted by molar-refractivity contribution is -0.172. The second-order valence-electron chi connectivity index (χ2n) is 3.37. The van der Waals surface area contributed by atoms with E-state index in [9.17, 15) is 14.7 Å². The van der Waals surface area contributed by atoms with E-state index in [2.05, 4.69) is 6.58 Å². The standard InChI is InChI=1S/C10H16O5/c1-4-6-10(3,7(11)8(12)13)9(14)15-5-2/h4,7,11H,1,5-6H2,2-3H3,(H,12,13)/t7-,10+/m1/s1. The number of allylic oxidation sites excluding steroid dienone is 1. The van der Waals surface area contributed by atoms with Crippen LogP contribution in [0.3, 0.4) is 0 Å². The molecule has 0 radical (unpaired) electrons. The maximum absolute atomic E-state index is 11.5. The summed E-state index contributed by atoms with van der Waals surface area (Å²) in [7, 11) is 0. The number of carbonyl (C=O) groups excluding carboxylic acids is 1. The Labute approximate surface area is 88.4 Å². The predicted molar refractivity (Wildman–Crippen MR) is 53.2 cm³/mol. The van der Waals surface area contributed by atoms with Crippen molar-refractivity contribution in [2.24, 2.45) is 5.41 Å².